The molecule has 0 spiro atoms. The van der Waals surface area contributed by atoms with Crippen LogP contribution in [-0.4, -0.2) is 28.0 Å². The second kappa shape index (κ2) is 3.73. The van der Waals surface area contributed by atoms with Crippen LogP contribution < -0.4 is 0 Å². The number of phosphoric ester groups is 1. The Labute approximate surface area is 62.4 Å². The van der Waals surface area contributed by atoms with Crippen LogP contribution in [0, 0.1) is 0 Å². The second-order valence-corrected chi connectivity index (χ2v) is 2.98. The van der Waals surface area contributed by atoms with E-state index in [0.29, 0.717) is 0 Å². The van der Waals surface area contributed by atoms with Crippen molar-refractivity contribution in [2.24, 2.45) is 0 Å². The Kier molecular flexibility index (Phi) is 3.54. The molecule has 0 aromatic carbocycles. The van der Waals surface area contributed by atoms with Gasteiger partial charge in [-0.1, -0.05) is 0 Å². The Morgan fingerprint density at radius 3 is 2.18 bits per heavy atom. The summed E-state index contributed by atoms with van der Waals surface area (Å²) in [5.41, 5.74) is 0. The molecule has 0 aromatic heterocycles. The zero-order valence-corrected chi connectivity index (χ0v) is 6.58. The molecule has 2 N–H and O–H groups in total. The Bertz CT molecular complexity index is 215. The second-order valence-electron chi connectivity index (χ2n) is 1.74. The van der Waals surface area contributed by atoms with Crippen LogP contribution in [0.15, 0.2) is 0 Å². The van der Waals surface area contributed by atoms with Gasteiger partial charge in [0.05, 0.1) is 0 Å². The Morgan fingerprint density at radius 2 is 1.91 bits per heavy atom. The minimum atomic E-state index is -4.63. The summed E-state index contributed by atoms with van der Waals surface area (Å²) in [6.45, 7) is 0.116. The molecule has 0 saturated heterocycles. The van der Waals surface area contributed by atoms with E-state index in [9.17, 15) is 14.2 Å². The van der Waals surface area contributed by atoms with E-state index in [1.807, 2.05) is 0 Å². The number of ketones is 2. The maximum atomic E-state index is 10.4. The SMILES string of the molecule is CC(=O)C(=O)COP(=O)(O)O. The molecule has 0 aliphatic carbocycles. The van der Waals surface area contributed by atoms with E-state index in [0.717, 1.165) is 6.92 Å². The van der Waals surface area contributed by atoms with Crippen molar-refractivity contribution in [3.8, 4) is 0 Å². The summed E-state index contributed by atoms with van der Waals surface area (Å²) in [6, 6.07) is 0. The van der Waals surface area contributed by atoms with Crippen molar-refractivity contribution < 1.29 is 28.5 Å². The fourth-order valence-corrected chi connectivity index (χ4v) is 0.530. The average Bonchev–Trinajstić information content (AvgIpc) is 1.80. The Hall–Kier alpha value is -0.550. The van der Waals surface area contributed by atoms with Gasteiger partial charge in [-0.05, 0) is 0 Å². The maximum absolute atomic E-state index is 10.4. The first-order valence-corrected chi connectivity index (χ1v) is 4.10. The number of hydrogen-bond acceptors (Lipinski definition) is 4. The molecule has 0 fully saturated rings. The first-order chi connectivity index (χ1) is 4.83. The summed E-state index contributed by atoms with van der Waals surface area (Å²) >= 11 is 0. The monoisotopic (exact) mass is 182 g/mol. The van der Waals surface area contributed by atoms with Gasteiger partial charge < -0.3 is 9.79 Å². The normalized spacial score (nSPS) is 11.2. The molecule has 0 saturated carbocycles. The van der Waals surface area contributed by atoms with Gasteiger partial charge in [-0.3, -0.25) is 14.1 Å². The van der Waals surface area contributed by atoms with Gasteiger partial charge in [0.1, 0.15) is 6.61 Å². The number of rotatable bonds is 4. The van der Waals surface area contributed by atoms with Crippen LogP contribution in [0.3, 0.4) is 0 Å². The minimum Gasteiger partial charge on any atom is -0.303 e. The molecule has 0 unspecified atom stereocenters. The maximum Gasteiger partial charge on any atom is 0.470 e. The highest BCUT2D eigenvalue weighted by Gasteiger charge is 2.17. The predicted molar refractivity (Wildman–Crippen MR) is 33.7 cm³/mol. The van der Waals surface area contributed by atoms with Crippen molar-refractivity contribution in [1.29, 1.82) is 0 Å². The third-order valence-corrected chi connectivity index (χ3v) is 1.22. The summed E-state index contributed by atoms with van der Waals surface area (Å²) in [5, 5.41) is 0. The molecular formula is C4H7O6P. The van der Waals surface area contributed by atoms with Crippen molar-refractivity contribution >= 4 is 19.4 Å². The van der Waals surface area contributed by atoms with Crippen molar-refractivity contribution in [1.82, 2.24) is 0 Å². The molecule has 0 aromatic rings. The average molecular weight is 182 g/mol. The lowest BCUT2D eigenvalue weighted by Crippen LogP contribution is -2.15. The van der Waals surface area contributed by atoms with Crippen molar-refractivity contribution in [3.05, 3.63) is 0 Å². The molecule has 0 heterocycles. The van der Waals surface area contributed by atoms with Crippen LogP contribution in [-0.2, 0) is 18.7 Å². The zero-order valence-electron chi connectivity index (χ0n) is 5.68. The lowest BCUT2D eigenvalue weighted by molar-refractivity contribution is -0.136. The third kappa shape index (κ3) is 5.87. The summed E-state index contributed by atoms with van der Waals surface area (Å²) in [5.74, 6) is -1.76. The number of Topliss-reactive ketones (excluding diaryl/α,β-unsaturated/α-hetero) is 2. The molecule has 0 aliphatic rings. The molecule has 0 radical (unpaired) electrons. The topological polar surface area (TPSA) is 101 Å². The molecule has 0 amide bonds. The highest BCUT2D eigenvalue weighted by molar-refractivity contribution is 7.46. The number of phosphoric acid groups is 1. The highest BCUT2D eigenvalue weighted by atomic mass is 31.2. The number of hydrogen-bond donors (Lipinski definition) is 2. The van der Waals surface area contributed by atoms with Gasteiger partial charge in [0, 0.05) is 6.92 Å². The van der Waals surface area contributed by atoms with Crippen LogP contribution in [0.25, 0.3) is 0 Å². The van der Waals surface area contributed by atoms with E-state index in [4.69, 9.17) is 9.79 Å². The molecule has 0 atom stereocenters. The van der Waals surface area contributed by atoms with Gasteiger partial charge in [-0.2, -0.15) is 0 Å². The molecule has 6 nitrogen and oxygen atoms in total. The predicted octanol–water partition coefficient (Wildman–Crippen LogP) is -0.746. The van der Waals surface area contributed by atoms with E-state index in [2.05, 4.69) is 4.52 Å². The van der Waals surface area contributed by atoms with Crippen LogP contribution in [0.1, 0.15) is 6.92 Å². The third-order valence-electron chi connectivity index (χ3n) is 0.756. The molecule has 0 aliphatic heterocycles. The number of carbonyl (C=O) groups is 2. The first-order valence-electron chi connectivity index (χ1n) is 2.57. The van der Waals surface area contributed by atoms with Crippen LogP contribution in [0.2, 0.25) is 0 Å². The fourth-order valence-electron chi connectivity index (χ4n) is 0.244. The van der Waals surface area contributed by atoms with Crippen molar-refractivity contribution in [3.63, 3.8) is 0 Å². The standard InChI is InChI=1S/C4H7O6P/c1-3(5)4(6)2-10-11(7,8)9/h2H2,1H3,(H2,7,8,9). The Balaban J connectivity index is 3.82. The van der Waals surface area contributed by atoms with Crippen molar-refractivity contribution in [2.75, 3.05) is 6.61 Å². The highest BCUT2D eigenvalue weighted by Crippen LogP contribution is 2.35. The van der Waals surface area contributed by atoms with Crippen molar-refractivity contribution in [2.45, 2.75) is 6.92 Å². The lowest BCUT2D eigenvalue weighted by Gasteiger charge is -2.01. The quantitative estimate of drug-likeness (QED) is 0.438. The van der Waals surface area contributed by atoms with Gasteiger partial charge in [-0.25, -0.2) is 4.57 Å². The fraction of sp³-hybridized carbons (Fsp3) is 0.500. The smallest absolute Gasteiger partial charge is 0.303 e. The molecular weight excluding hydrogens is 175 g/mol. The summed E-state index contributed by atoms with van der Waals surface area (Å²) < 4.78 is 13.7. The first kappa shape index (κ1) is 10.4. The van der Waals surface area contributed by atoms with E-state index in [-0.39, 0.29) is 0 Å². The molecule has 11 heavy (non-hydrogen) atoms. The summed E-state index contributed by atoms with van der Waals surface area (Å²) in [4.78, 5) is 36.7. The molecule has 0 bridgehead atoms. The van der Waals surface area contributed by atoms with E-state index in [1.54, 1.807) is 0 Å². The largest absolute Gasteiger partial charge is 0.470 e. The van der Waals surface area contributed by atoms with E-state index in [1.165, 1.54) is 0 Å². The Morgan fingerprint density at radius 1 is 1.45 bits per heavy atom. The minimum absolute atomic E-state index is 0.793. The van der Waals surface area contributed by atoms with E-state index < -0.39 is 26.0 Å². The molecule has 7 heteroatoms. The van der Waals surface area contributed by atoms with E-state index >= 15 is 0 Å². The van der Waals surface area contributed by atoms with Crippen LogP contribution >= 0.6 is 7.82 Å². The summed E-state index contributed by atoms with van der Waals surface area (Å²) in [7, 11) is -4.63. The van der Waals surface area contributed by atoms with Gasteiger partial charge in [0.25, 0.3) is 0 Å². The van der Waals surface area contributed by atoms with Crippen LogP contribution in [0.5, 0.6) is 0 Å². The molecule has 0 rings (SSSR count). The lowest BCUT2D eigenvalue weighted by atomic mass is 10.3. The zero-order chi connectivity index (χ0) is 9.07. The van der Waals surface area contributed by atoms with Gasteiger partial charge in [0.2, 0.25) is 5.78 Å². The molecule has 64 valence electrons. The van der Waals surface area contributed by atoms with Gasteiger partial charge in [0.15, 0.2) is 5.78 Å². The van der Waals surface area contributed by atoms with Gasteiger partial charge >= 0.3 is 7.82 Å². The number of carbonyl (C=O) groups excluding carboxylic acids is 2. The van der Waals surface area contributed by atoms with Gasteiger partial charge in [-0.15, -0.1) is 0 Å². The van der Waals surface area contributed by atoms with Crippen LogP contribution in [0.4, 0.5) is 0 Å². The summed E-state index contributed by atoms with van der Waals surface area (Å²) in [6.07, 6.45) is 0.